The van der Waals surface area contributed by atoms with E-state index < -0.39 is 0 Å². The fourth-order valence-electron chi connectivity index (χ4n) is 2.96. The van der Waals surface area contributed by atoms with E-state index >= 15 is 0 Å². The predicted molar refractivity (Wildman–Crippen MR) is 126 cm³/mol. The second kappa shape index (κ2) is 9.54. The number of benzene rings is 3. The molecular weight excluding hydrogens is 433 g/mol. The summed E-state index contributed by atoms with van der Waals surface area (Å²) in [6.45, 7) is 6.15. The minimum atomic E-state index is -0.370. The van der Waals surface area contributed by atoms with Gasteiger partial charge in [-0.1, -0.05) is 80.4 Å². The van der Waals surface area contributed by atoms with Gasteiger partial charge in [-0.3, -0.25) is 9.59 Å². The second-order valence-electron chi connectivity index (χ2n) is 8.15. The molecule has 3 rings (SSSR count). The van der Waals surface area contributed by atoms with Crippen LogP contribution in [0.15, 0.2) is 66.7 Å². The Morgan fingerprint density at radius 2 is 1.61 bits per heavy atom. The summed E-state index contributed by atoms with van der Waals surface area (Å²) in [5.41, 5.74) is 2.77. The minimum absolute atomic E-state index is 0.0179. The molecule has 0 heterocycles. The summed E-state index contributed by atoms with van der Waals surface area (Å²) in [6.07, 6.45) is 0. The zero-order valence-corrected chi connectivity index (χ0v) is 19.1. The molecule has 0 unspecified atom stereocenters. The molecule has 0 aliphatic heterocycles. The largest absolute Gasteiger partial charge is 0.482 e. The van der Waals surface area contributed by atoms with Crippen molar-refractivity contribution in [3.63, 3.8) is 0 Å². The van der Waals surface area contributed by atoms with Gasteiger partial charge in [0.1, 0.15) is 5.75 Å². The first-order chi connectivity index (χ1) is 14.6. The Morgan fingerprint density at radius 3 is 2.26 bits per heavy atom. The molecule has 3 aromatic carbocycles. The lowest BCUT2D eigenvalue weighted by molar-refractivity contribution is -0.118. The zero-order chi connectivity index (χ0) is 22.6. The maximum Gasteiger partial charge on any atom is 0.262 e. The molecule has 160 valence electrons. The number of anilines is 1. The monoisotopic (exact) mass is 455 g/mol. The highest BCUT2D eigenvalue weighted by atomic mass is 35.5. The first-order valence-electron chi connectivity index (χ1n) is 9.76. The molecule has 0 saturated carbocycles. The van der Waals surface area contributed by atoms with Gasteiger partial charge in [0, 0.05) is 21.8 Å². The van der Waals surface area contributed by atoms with Crippen LogP contribution in [0.5, 0.6) is 5.75 Å². The summed E-state index contributed by atoms with van der Waals surface area (Å²) in [5, 5.41) is 3.54. The predicted octanol–water partition coefficient (Wildman–Crippen LogP) is 6.54. The normalized spacial score (nSPS) is 11.1. The van der Waals surface area contributed by atoms with Crippen molar-refractivity contribution in [2.24, 2.45) is 0 Å². The minimum Gasteiger partial charge on any atom is -0.482 e. The molecule has 1 N–H and O–H groups in total. The maximum absolute atomic E-state index is 12.9. The third-order valence-electron chi connectivity index (χ3n) is 4.67. The van der Waals surface area contributed by atoms with Crippen LogP contribution < -0.4 is 10.1 Å². The van der Waals surface area contributed by atoms with Crippen LogP contribution in [0.1, 0.15) is 42.3 Å². The molecule has 6 heteroatoms. The van der Waals surface area contributed by atoms with Crippen LogP contribution in [0.25, 0.3) is 0 Å². The number of hydrogen-bond acceptors (Lipinski definition) is 3. The number of ether oxygens (including phenoxy) is 1. The Bertz CT molecular complexity index is 1100. The van der Waals surface area contributed by atoms with E-state index in [-0.39, 0.29) is 23.7 Å². The molecule has 3 aromatic rings. The number of amides is 1. The third kappa shape index (κ3) is 6.09. The average Bonchev–Trinajstić information content (AvgIpc) is 2.72. The smallest absolute Gasteiger partial charge is 0.262 e. The SMILES string of the molecule is CC(C)(C)c1ccc(C(=O)c2cccc(NC(=O)COc3ccc(Cl)cc3Cl)c2)cc1. The number of nitrogens with one attached hydrogen (secondary N) is 1. The van der Waals surface area contributed by atoms with Crippen molar-refractivity contribution in [2.75, 3.05) is 11.9 Å². The van der Waals surface area contributed by atoms with Crippen LogP contribution in [0, 0.1) is 0 Å². The third-order valence-corrected chi connectivity index (χ3v) is 5.20. The molecule has 0 atom stereocenters. The quantitative estimate of drug-likeness (QED) is 0.429. The summed E-state index contributed by atoms with van der Waals surface area (Å²) in [4.78, 5) is 25.1. The molecule has 31 heavy (non-hydrogen) atoms. The van der Waals surface area contributed by atoms with Crippen molar-refractivity contribution in [2.45, 2.75) is 26.2 Å². The molecule has 0 fully saturated rings. The van der Waals surface area contributed by atoms with Gasteiger partial charge in [-0.25, -0.2) is 0 Å². The van der Waals surface area contributed by atoms with Crippen LogP contribution in [-0.4, -0.2) is 18.3 Å². The number of hydrogen-bond donors (Lipinski definition) is 1. The first kappa shape index (κ1) is 22.9. The first-order valence-corrected chi connectivity index (χ1v) is 10.5. The molecule has 0 aromatic heterocycles. The van der Waals surface area contributed by atoms with E-state index in [0.29, 0.717) is 32.6 Å². The maximum atomic E-state index is 12.9. The van der Waals surface area contributed by atoms with Crippen LogP contribution in [0.4, 0.5) is 5.69 Å². The van der Waals surface area contributed by atoms with Gasteiger partial charge in [0.05, 0.1) is 5.02 Å². The molecule has 0 aliphatic rings. The summed E-state index contributed by atoms with van der Waals surface area (Å²) < 4.78 is 5.44. The van der Waals surface area contributed by atoms with Crippen molar-refractivity contribution in [1.82, 2.24) is 0 Å². The highest BCUT2D eigenvalue weighted by molar-refractivity contribution is 6.35. The van der Waals surface area contributed by atoms with E-state index in [2.05, 4.69) is 26.1 Å². The number of halogens is 2. The van der Waals surface area contributed by atoms with E-state index in [4.69, 9.17) is 27.9 Å². The van der Waals surface area contributed by atoms with Gasteiger partial charge in [0.15, 0.2) is 12.4 Å². The van der Waals surface area contributed by atoms with Crippen molar-refractivity contribution in [3.05, 3.63) is 93.5 Å². The van der Waals surface area contributed by atoms with Gasteiger partial charge in [-0.15, -0.1) is 0 Å². The van der Waals surface area contributed by atoms with Crippen LogP contribution in [-0.2, 0) is 10.2 Å². The highest BCUT2D eigenvalue weighted by Crippen LogP contribution is 2.27. The molecule has 1 amide bonds. The van der Waals surface area contributed by atoms with E-state index in [1.165, 1.54) is 0 Å². The lowest BCUT2D eigenvalue weighted by atomic mass is 9.86. The van der Waals surface area contributed by atoms with E-state index in [1.807, 2.05) is 24.3 Å². The van der Waals surface area contributed by atoms with Gasteiger partial charge < -0.3 is 10.1 Å². The van der Waals surface area contributed by atoms with Crippen LogP contribution >= 0.6 is 23.2 Å². The molecule has 0 bridgehead atoms. The Hall–Kier alpha value is -2.82. The summed E-state index contributed by atoms with van der Waals surface area (Å²) in [7, 11) is 0. The van der Waals surface area contributed by atoms with Crippen molar-refractivity contribution >= 4 is 40.6 Å². The van der Waals surface area contributed by atoms with Gasteiger partial charge in [0.2, 0.25) is 0 Å². The van der Waals surface area contributed by atoms with E-state index in [0.717, 1.165) is 5.56 Å². The van der Waals surface area contributed by atoms with Gasteiger partial charge >= 0.3 is 0 Å². The molecule has 4 nitrogen and oxygen atoms in total. The van der Waals surface area contributed by atoms with Crippen molar-refractivity contribution in [1.29, 1.82) is 0 Å². The lowest BCUT2D eigenvalue weighted by Gasteiger charge is -2.19. The molecule has 0 aliphatic carbocycles. The number of rotatable bonds is 6. The Balaban J connectivity index is 1.65. The van der Waals surface area contributed by atoms with Crippen LogP contribution in [0.2, 0.25) is 10.0 Å². The zero-order valence-electron chi connectivity index (χ0n) is 17.5. The van der Waals surface area contributed by atoms with E-state index in [1.54, 1.807) is 42.5 Å². The van der Waals surface area contributed by atoms with Crippen molar-refractivity contribution < 1.29 is 14.3 Å². The standard InChI is InChI=1S/C25H23Cl2NO3/c1-25(2,3)18-9-7-16(8-10-18)24(30)17-5-4-6-20(13-17)28-23(29)15-31-22-12-11-19(26)14-21(22)27/h4-14H,15H2,1-3H3,(H,28,29). The summed E-state index contributed by atoms with van der Waals surface area (Å²) >= 11 is 11.9. The van der Waals surface area contributed by atoms with Gasteiger partial charge in [0.25, 0.3) is 5.91 Å². The lowest BCUT2D eigenvalue weighted by Crippen LogP contribution is -2.20. The summed E-state index contributed by atoms with van der Waals surface area (Å²) in [5.74, 6) is -0.116. The molecule has 0 spiro atoms. The Morgan fingerprint density at radius 1 is 0.903 bits per heavy atom. The van der Waals surface area contributed by atoms with Gasteiger partial charge in [-0.05, 0) is 41.3 Å². The number of ketones is 1. The van der Waals surface area contributed by atoms with Crippen molar-refractivity contribution in [3.8, 4) is 5.75 Å². The Kier molecular flexibility index (Phi) is 7.04. The summed E-state index contributed by atoms with van der Waals surface area (Å²) in [6, 6.07) is 19.2. The fraction of sp³-hybridized carbons (Fsp3) is 0.200. The topological polar surface area (TPSA) is 55.4 Å². The van der Waals surface area contributed by atoms with E-state index in [9.17, 15) is 9.59 Å². The Labute approximate surface area is 192 Å². The molecular formula is C25H23Cl2NO3. The number of carbonyl (C=O) groups excluding carboxylic acids is 2. The number of carbonyl (C=O) groups is 2. The second-order valence-corrected chi connectivity index (χ2v) is 8.99. The molecule has 0 saturated heterocycles. The highest BCUT2D eigenvalue weighted by Gasteiger charge is 2.15. The fourth-order valence-corrected chi connectivity index (χ4v) is 3.42. The average molecular weight is 456 g/mol. The van der Waals surface area contributed by atoms with Gasteiger partial charge in [-0.2, -0.15) is 0 Å². The van der Waals surface area contributed by atoms with Crippen LogP contribution in [0.3, 0.4) is 0 Å². The molecule has 0 radical (unpaired) electrons.